The highest BCUT2D eigenvalue weighted by molar-refractivity contribution is 6.62. The summed E-state index contributed by atoms with van der Waals surface area (Å²) >= 11 is 0. The van der Waals surface area contributed by atoms with Crippen LogP contribution in [0, 0.1) is 0 Å². The lowest BCUT2D eigenvalue weighted by atomic mass is 9.77. The molecule has 0 saturated carbocycles. The number of amides is 2. The van der Waals surface area contributed by atoms with Crippen LogP contribution in [0.1, 0.15) is 48.4 Å². The van der Waals surface area contributed by atoms with Gasteiger partial charge in [0, 0.05) is 34.9 Å². The average Bonchev–Trinajstić information content (AvgIpc) is 3.25. The first-order valence-corrected chi connectivity index (χ1v) is 11.2. The standard InChI is InChI=1S/C24H28BN3O5/c1-23(2)24(3,4)33-25(32-23)15-12-17-16-6-5-14(22(30)28-7-9-31-10-8-28)11-19(16)27-20(17)18(13-15)21(26)29/h5-6,11-13,27H,7-10H2,1-4H3,(H2,26,29). The van der Waals surface area contributed by atoms with Crippen molar-refractivity contribution in [2.75, 3.05) is 26.3 Å². The van der Waals surface area contributed by atoms with Crippen LogP contribution in [0.4, 0.5) is 0 Å². The molecule has 3 aromatic rings. The Bertz CT molecular complexity index is 1260. The fraction of sp³-hybridized carbons (Fsp3) is 0.417. The highest BCUT2D eigenvalue weighted by Crippen LogP contribution is 2.37. The second-order valence-electron chi connectivity index (χ2n) is 9.73. The van der Waals surface area contributed by atoms with E-state index >= 15 is 0 Å². The van der Waals surface area contributed by atoms with Gasteiger partial charge in [-0.05, 0) is 51.4 Å². The van der Waals surface area contributed by atoms with Gasteiger partial charge < -0.3 is 29.7 Å². The molecule has 0 radical (unpaired) electrons. The maximum atomic E-state index is 12.9. The van der Waals surface area contributed by atoms with Crippen LogP contribution in [0.5, 0.6) is 0 Å². The van der Waals surface area contributed by atoms with Crippen LogP contribution in [0.2, 0.25) is 0 Å². The quantitative estimate of drug-likeness (QED) is 0.597. The number of nitrogens with one attached hydrogen (secondary N) is 1. The van der Waals surface area contributed by atoms with Crippen molar-refractivity contribution in [3.8, 4) is 0 Å². The summed E-state index contributed by atoms with van der Waals surface area (Å²) < 4.78 is 17.7. The number of ether oxygens (including phenoxy) is 1. The molecule has 3 N–H and O–H groups in total. The molecule has 2 aliphatic rings. The van der Waals surface area contributed by atoms with Crippen molar-refractivity contribution >= 4 is 46.2 Å². The van der Waals surface area contributed by atoms with E-state index in [0.717, 1.165) is 21.8 Å². The number of hydrogen-bond acceptors (Lipinski definition) is 5. The van der Waals surface area contributed by atoms with Gasteiger partial charge in [-0.15, -0.1) is 0 Å². The molecule has 0 unspecified atom stereocenters. The molecule has 9 heteroatoms. The van der Waals surface area contributed by atoms with E-state index < -0.39 is 24.2 Å². The van der Waals surface area contributed by atoms with Gasteiger partial charge in [-0.1, -0.05) is 12.1 Å². The number of nitrogens with zero attached hydrogens (tertiary/aromatic N) is 1. The van der Waals surface area contributed by atoms with Crippen LogP contribution in [0.15, 0.2) is 30.3 Å². The monoisotopic (exact) mass is 449 g/mol. The van der Waals surface area contributed by atoms with Crippen molar-refractivity contribution < 1.29 is 23.6 Å². The molecule has 1 aromatic heterocycles. The molecule has 0 bridgehead atoms. The van der Waals surface area contributed by atoms with Crippen LogP contribution >= 0.6 is 0 Å². The zero-order valence-corrected chi connectivity index (χ0v) is 19.4. The van der Waals surface area contributed by atoms with E-state index in [9.17, 15) is 9.59 Å². The second-order valence-corrected chi connectivity index (χ2v) is 9.73. The Labute approximate surface area is 192 Å². The molecule has 0 spiro atoms. The summed E-state index contributed by atoms with van der Waals surface area (Å²) in [5.41, 5.74) is 7.79. The lowest BCUT2D eigenvalue weighted by molar-refractivity contribution is 0.00578. The molecule has 8 nitrogen and oxygen atoms in total. The number of carbonyl (C=O) groups is 2. The lowest BCUT2D eigenvalue weighted by Gasteiger charge is -2.32. The highest BCUT2D eigenvalue weighted by Gasteiger charge is 2.51. The number of H-pyrrole nitrogens is 1. The van der Waals surface area contributed by atoms with Gasteiger partial charge in [0.05, 0.1) is 35.5 Å². The molecular weight excluding hydrogens is 421 g/mol. The molecule has 2 amide bonds. The lowest BCUT2D eigenvalue weighted by Crippen LogP contribution is -2.41. The third-order valence-corrected chi connectivity index (χ3v) is 7.07. The number of benzene rings is 2. The number of aromatic amines is 1. The van der Waals surface area contributed by atoms with Crippen molar-refractivity contribution in [2.45, 2.75) is 38.9 Å². The SMILES string of the molecule is CC1(C)OB(c2cc(C(N)=O)c3[nH]c4cc(C(=O)N5CCOCC5)ccc4c3c2)OC1(C)C. The Morgan fingerprint density at radius 1 is 1.00 bits per heavy atom. The molecule has 172 valence electrons. The van der Waals surface area contributed by atoms with Crippen LogP contribution in [-0.4, -0.2) is 66.3 Å². The minimum absolute atomic E-state index is 0.0353. The van der Waals surface area contributed by atoms with Crippen LogP contribution in [-0.2, 0) is 14.0 Å². The Hall–Kier alpha value is -2.88. The summed E-state index contributed by atoms with van der Waals surface area (Å²) in [5, 5.41) is 1.72. The van der Waals surface area contributed by atoms with Gasteiger partial charge in [-0.3, -0.25) is 9.59 Å². The third kappa shape index (κ3) is 3.60. The summed E-state index contributed by atoms with van der Waals surface area (Å²) in [6.45, 7) is 10.2. The number of primary amides is 1. The van der Waals surface area contributed by atoms with Crippen molar-refractivity contribution in [3.05, 3.63) is 41.5 Å². The molecule has 5 rings (SSSR count). The van der Waals surface area contributed by atoms with Crippen LogP contribution in [0.3, 0.4) is 0 Å². The molecule has 2 aromatic carbocycles. The zero-order valence-electron chi connectivity index (χ0n) is 19.4. The highest BCUT2D eigenvalue weighted by atomic mass is 16.7. The number of nitrogens with two attached hydrogens (primary N) is 1. The molecule has 0 aliphatic carbocycles. The average molecular weight is 449 g/mol. The molecule has 33 heavy (non-hydrogen) atoms. The summed E-state index contributed by atoms with van der Waals surface area (Å²) in [5.74, 6) is -0.582. The van der Waals surface area contributed by atoms with Gasteiger partial charge in [-0.2, -0.15) is 0 Å². The van der Waals surface area contributed by atoms with Crippen molar-refractivity contribution in [3.63, 3.8) is 0 Å². The van der Waals surface area contributed by atoms with E-state index in [1.807, 2.05) is 52.0 Å². The molecule has 3 heterocycles. The van der Waals surface area contributed by atoms with E-state index in [4.69, 9.17) is 19.8 Å². The van der Waals surface area contributed by atoms with Gasteiger partial charge in [0.1, 0.15) is 0 Å². The van der Waals surface area contributed by atoms with Gasteiger partial charge in [0.2, 0.25) is 0 Å². The number of fused-ring (bicyclic) bond motifs is 3. The number of aromatic nitrogens is 1. The molecule has 2 saturated heterocycles. The second kappa shape index (κ2) is 7.58. The topological polar surface area (TPSA) is 107 Å². The number of hydrogen-bond donors (Lipinski definition) is 2. The Balaban J connectivity index is 1.60. The van der Waals surface area contributed by atoms with Crippen molar-refractivity contribution in [1.82, 2.24) is 9.88 Å². The normalized spacial score (nSPS) is 20.0. The fourth-order valence-electron chi connectivity index (χ4n) is 4.42. The molecule has 2 aliphatic heterocycles. The zero-order chi connectivity index (χ0) is 23.5. The minimum atomic E-state index is -0.621. The largest absolute Gasteiger partial charge is 0.494 e. The van der Waals surface area contributed by atoms with Crippen LogP contribution < -0.4 is 11.2 Å². The number of rotatable bonds is 3. The molecule has 0 atom stereocenters. The first-order valence-electron chi connectivity index (χ1n) is 11.2. The molecular formula is C24H28BN3O5. The van der Waals surface area contributed by atoms with E-state index in [1.54, 1.807) is 11.0 Å². The fourth-order valence-corrected chi connectivity index (χ4v) is 4.42. The van der Waals surface area contributed by atoms with E-state index in [2.05, 4.69) is 4.98 Å². The smallest absolute Gasteiger partial charge is 0.399 e. The van der Waals surface area contributed by atoms with Crippen molar-refractivity contribution in [2.24, 2.45) is 5.73 Å². The number of carbonyl (C=O) groups excluding carboxylic acids is 2. The predicted octanol–water partition coefficient (Wildman–Crippen LogP) is 2.19. The number of morpholine rings is 1. The summed E-state index contributed by atoms with van der Waals surface area (Å²) in [4.78, 5) is 30.4. The Kier molecular flexibility index (Phi) is 5.04. The maximum absolute atomic E-state index is 12.9. The van der Waals surface area contributed by atoms with E-state index in [0.29, 0.717) is 42.9 Å². The van der Waals surface area contributed by atoms with Gasteiger partial charge in [0.15, 0.2) is 0 Å². The van der Waals surface area contributed by atoms with Gasteiger partial charge in [-0.25, -0.2) is 0 Å². The predicted molar refractivity (Wildman–Crippen MR) is 127 cm³/mol. The Morgan fingerprint density at radius 3 is 2.30 bits per heavy atom. The van der Waals surface area contributed by atoms with Gasteiger partial charge in [0.25, 0.3) is 11.8 Å². The van der Waals surface area contributed by atoms with Crippen molar-refractivity contribution in [1.29, 1.82) is 0 Å². The summed E-state index contributed by atoms with van der Waals surface area (Å²) in [6, 6.07) is 9.24. The van der Waals surface area contributed by atoms with Gasteiger partial charge >= 0.3 is 7.12 Å². The maximum Gasteiger partial charge on any atom is 0.494 e. The van der Waals surface area contributed by atoms with E-state index in [1.165, 1.54) is 0 Å². The van der Waals surface area contributed by atoms with Crippen LogP contribution in [0.25, 0.3) is 21.8 Å². The summed E-state index contributed by atoms with van der Waals surface area (Å²) in [6.07, 6.45) is 0. The minimum Gasteiger partial charge on any atom is -0.399 e. The molecule has 2 fully saturated rings. The first-order chi connectivity index (χ1) is 15.6. The Morgan fingerprint density at radius 2 is 1.67 bits per heavy atom. The summed E-state index contributed by atoms with van der Waals surface area (Å²) in [7, 11) is -0.621. The first kappa shape index (κ1) is 21.9. The third-order valence-electron chi connectivity index (χ3n) is 7.07. The van der Waals surface area contributed by atoms with E-state index in [-0.39, 0.29) is 5.91 Å².